The van der Waals surface area contributed by atoms with Crippen LogP contribution in [-0.4, -0.2) is 23.9 Å². The monoisotopic (exact) mass is 500 g/mol. The molecule has 0 atom stereocenters. The third kappa shape index (κ3) is 5.16. The fourth-order valence-electron chi connectivity index (χ4n) is 3.36. The summed E-state index contributed by atoms with van der Waals surface area (Å²) in [7, 11) is 1.50. The van der Waals surface area contributed by atoms with E-state index in [1.54, 1.807) is 48.5 Å². The topological polar surface area (TPSA) is 67.9 Å². The van der Waals surface area contributed by atoms with Crippen LogP contribution < -0.4 is 14.8 Å². The average Bonchev–Trinajstić information content (AvgIpc) is 3.08. The van der Waals surface area contributed by atoms with Crippen molar-refractivity contribution in [2.24, 2.45) is 0 Å². The summed E-state index contributed by atoms with van der Waals surface area (Å²) in [4.78, 5) is 26.0. The molecule has 1 saturated heterocycles. The van der Waals surface area contributed by atoms with Crippen LogP contribution in [-0.2, 0) is 17.9 Å². The van der Waals surface area contributed by atoms with E-state index in [1.807, 2.05) is 0 Å². The molecular weight excluding hydrogens is 482 g/mol. The van der Waals surface area contributed by atoms with Crippen LogP contribution >= 0.6 is 23.2 Å². The molecule has 9 heteroatoms. The molecule has 1 aliphatic rings. The molecule has 6 nitrogen and oxygen atoms in total. The van der Waals surface area contributed by atoms with E-state index in [1.165, 1.54) is 25.3 Å². The van der Waals surface area contributed by atoms with Crippen molar-refractivity contribution in [1.82, 2.24) is 10.2 Å². The zero-order chi connectivity index (χ0) is 24.2. The van der Waals surface area contributed by atoms with Gasteiger partial charge in [0.25, 0.3) is 5.91 Å². The van der Waals surface area contributed by atoms with Crippen LogP contribution in [0.1, 0.15) is 16.7 Å². The van der Waals surface area contributed by atoms with E-state index in [9.17, 15) is 14.0 Å². The van der Waals surface area contributed by atoms with Gasteiger partial charge in [-0.25, -0.2) is 9.18 Å². The van der Waals surface area contributed by atoms with Gasteiger partial charge >= 0.3 is 6.03 Å². The highest BCUT2D eigenvalue weighted by Gasteiger charge is 2.34. The Balaban J connectivity index is 1.49. The largest absolute Gasteiger partial charge is 0.493 e. The summed E-state index contributed by atoms with van der Waals surface area (Å²) in [5.74, 6) is -0.109. The highest BCUT2D eigenvalue weighted by Crippen LogP contribution is 2.31. The van der Waals surface area contributed by atoms with Gasteiger partial charge in [-0.3, -0.25) is 9.69 Å². The van der Waals surface area contributed by atoms with Crippen molar-refractivity contribution in [3.63, 3.8) is 0 Å². The number of methoxy groups -OCH3 is 1. The molecule has 0 unspecified atom stereocenters. The molecule has 1 heterocycles. The van der Waals surface area contributed by atoms with E-state index in [4.69, 9.17) is 32.7 Å². The number of carbonyl (C=O) groups excluding carboxylic acids is 2. The molecule has 3 aromatic rings. The number of imide groups is 1. The highest BCUT2D eigenvalue weighted by atomic mass is 35.5. The Morgan fingerprint density at radius 2 is 1.79 bits per heavy atom. The molecular formula is C25H19Cl2FN2O4. The Bertz CT molecular complexity index is 1300. The molecule has 3 aromatic carbocycles. The van der Waals surface area contributed by atoms with E-state index in [2.05, 4.69) is 5.32 Å². The number of hydrogen-bond acceptors (Lipinski definition) is 4. The van der Waals surface area contributed by atoms with Crippen molar-refractivity contribution in [3.8, 4) is 11.5 Å². The van der Waals surface area contributed by atoms with Gasteiger partial charge in [-0.05, 0) is 47.5 Å². The fourth-order valence-corrected chi connectivity index (χ4v) is 3.68. The molecule has 4 rings (SSSR count). The first-order chi connectivity index (χ1) is 16.4. The van der Waals surface area contributed by atoms with Crippen molar-refractivity contribution in [3.05, 3.63) is 98.9 Å². The smallest absolute Gasteiger partial charge is 0.329 e. The van der Waals surface area contributed by atoms with Crippen molar-refractivity contribution in [2.75, 3.05) is 7.11 Å². The zero-order valence-electron chi connectivity index (χ0n) is 18.0. The molecule has 34 heavy (non-hydrogen) atoms. The second-order valence-electron chi connectivity index (χ2n) is 7.42. The number of nitrogens with zero attached hydrogens (tertiary/aromatic N) is 1. The van der Waals surface area contributed by atoms with Crippen molar-refractivity contribution < 1.29 is 23.5 Å². The lowest BCUT2D eigenvalue weighted by Gasteiger charge is -2.12. The van der Waals surface area contributed by atoms with Gasteiger partial charge in [0.15, 0.2) is 11.5 Å². The molecule has 0 spiro atoms. The lowest BCUT2D eigenvalue weighted by Crippen LogP contribution is -2.30. The van der Waals surface area contributed by atoms with E-state index in [-0.39, 0.29) is 24.4 Å². The minimum Gasteiger partial charge on any atom is -0.493 e. The molecule has 1 aliphatic heterocycles. The number of urea groups is 1. The normalized spacial score (nSPS) is 14.5. The summed E-state index contributed by atoms with van der Waals surface area (Å²) in [5.41, 5.74) is 1.76. The van der Waals surface area contributed by atoms with Crippen LogP contribution in [0.2, 0.25) is 10.0 Å². The maximum atomic E-state index is 13.9. The van der Waals surface area contributed by atoms with Gasteiger partial charge in [0.1, 0.15) is 18.1 Å². The van der Waals surface area contributed by atoms with Gasteiger partial charge < -0.3 is 14.8 Å². The van der Waals surface area contributed by atoms with E-state index < -0.39 is 17.8 Å². The maximum absolute atomic E-state index is 13.9. The molecule has 3 amide bonds. The van der Waals surface area contributed by atoms with Gasteiger partial charge in [-0.2, -0.15) is 0 Å². The minimum atomic E-state index is -0.618. The van der Waals surface area contributed by atoms with Crippen molar-refractivity contribution >= 4 is 41.2 Å². The van der Waals surface area contributed by atoms with Crippen LogP contribution in [0.5, 0.6) is 11.5 Å². The Morgan fingerprint density at radius 3 is 2.53 bits per heavy atom. The number of hydrogen-bond donors (Lipinski definition) is 1. The van der Waals surface area contributed by atoms with E-state index in [0.717, 1.165) is 10.5 Å². The Labute approximate surface area is 205 Å². The summed E-state index contributed by atoms with van der Waals surface area (Å²) in [5, 5.41) is 3.43. The van der Waals surface area contributed by atoms with Crippen LogP contribution in [0.3, 0.4) is 0 Å². The highest BCUT2D eigenvalue weighted by molar-refractivity contribution is 6.42. The van der Waals surface area contributed by atoms with Crippen LogP contribution in [0.4, 0.5) is 9.18 Å². The first-order valence-electron chi connectivity index (χ1n) is 10.2. The predicted octanol–water partition coefficient (Wildman–Crippen LogP) is 5.81. The quantitative estimate of drug-likeness (QED) is 0.328. The summed E-state index contributed by atoms with van der Waals surface area (Å²) >= 11 is 12.0. The Morgan fingerprint density at radius 1 is 1.00 bits per heavy atom. The standard InChI is InChI=1S/C25H19Cl2FN2O4/c1-33-23-12-15(7-9-22(23)34-14-16-6-8-18(26)19(27)10-16)11-21-24(31)30(25(32)29-21)13-17-4-2-3-5-20(17)28/h2-12H,13-14H2,1H3,(H,29,32)/b21-11+. The summed E-state index contributed by atoms with van der Waals surface area (Å²) in [6.07, 6.45) is 1.52. The molecule has 0 saturated carbocycles. The minimum absolute atomic E-state index is 0.0767. The Kier molecular flexibility index (Phi) is 7.05. The fraction of sp³-hybridized carbons (Fsp3) is 0.120. The zero-order valence-corrected chi connectivity index (χ0v) is 19.5. The van der Waals surface area contributed by atoms with Gasteiger partial charge in [0.2, 0.25) is 0 Å². The van der Waals surface area contributed by atoms with Crippen LogP contribution in [0, 0.1) is 5.82 Å². The second-order valence-corrected chi connectivity index (χ2v) is 8.23. The van der Waals surface area contributed by atoms with Crippen molar-refractivity contribution in [1.29, 1.82) is 0 Å². The molecule has 0 aliphatic carbocycles. The number of nitrogens with one attached hydrogen (secondary N) is 1. The number of halogens is 3. The molecule has 0 aromatic heterocycles. The third-order valence-corrected chi connectivity index (χ3v) is 5.86. The van der Waals surface area contributed by atoms with Gasteiger partial charge in [0, 0.05) is 5.56 Å². The number of carbonyl (C=O) groups is 2. The molecule has 0 bridgehead atoms. The number of ether oxygens (including phenoxy) is 2. The molecule has 1 N–H and O–H groups in total. The summed E-state index contributed by atoms with van der Waals surface area (Å²) in [6.45, 7) is 0.0761. The number of amides is 3. The van der Waals surface area contributed by atoms with Gasteiger partial charge in [0.05, 0.1) is 23.7 Å². The SMILES string of the molecule is COc1cc(/C=C2/NC(=O)N(Cc3ccccc3F)C2=O)ccc1OCc1ccc(Cl)c(Cl)c1. The first-order valence-corrected chi connectivity index (χ1v) is 10.9. The van der Waals surface area contributed by atoms with E-state index in [0.29, 0.717) is 27.1 Å². The predicted molar refractivity (Wildman–Crippen MR) is 127 cm³/mol. The number of rotatable bonds is 7. The van der Waals surface area contributed by atoms with Crippen molar-refractivity contribution in [2.45, 2.75) is 13.2 Å². The molecule has 0 radical (unpaired) electrons. The second kappa shape index (κ2) is 10.2. The lowest BCUT2D eigenvalue weighted by molar-refractivity contribution is -0.123. The van der Waals surface area contributed by atoms with Crippen LogP contribution in [0.15, 0.2) is 66.4 Å². The van der Waals surface area contributed by atoms with Crippen LogP contribution in [0.25, 0.3) is 6.08 Å². The molecule has 174 valence electrons. The molecule has 1 fully saturated rings. The average molecular weight is 501 g/mol. The first kappa shape index (κ1) is 23.6. The summed E-state index contributed by atoms with van der Waals surface area (Å²) in [6, 6.07) is 15.7. The van der Waals surface area contributed by atoms with Gasteiger partial charge in [-0.1, -0.05) is 53.5 Å². The van der Waals surface area contributed by atoms with E-state index >= 15 is 0 Å². The lowest BCUT2D eigenvalue weighted by atomic mass is 10.1. The third-order valence-electron chi connectivity index (χ3n) is 5.13. The summed E-state index contributed by atoms with van der Waals surface area (Å²) < 4.78 is 25.2. The number of benzene rings is 3. The Hall–Kier alpha value is -3.55. The van der Waals surface area contributed by atoms with Gasteiger partial charge in [-0.15, -0.1) is 0 Å². The maximum Gasteiger partial charge on any atom is 0.329 e.